The summed E-state index contributed by atoms with van der Waals surface area (Å²) in [6.45, 7) is 0.614. The third kappa shape index (κ3) is 11.5. The summed E-state index contributed by atoms with van der Waals surface area (Å²) < 4.78 is 42.0. The van der Waals surface area contributed by atoms with Gasteiger partial charge in [-0.2, -0.15) is 13.2 Å². The van der Waals surface area contributed by atoms with E-state index in [1.54, 1.807) is 7.11 Å². The first-order valence-electron chi connectivity index (χ1n) is 9.68. The van der Waals surface area contributed by atoms with Crippen LogP contribution in [0.3, 0.4) is 0 Å². The molecular weight excluding hydrogens is 445 g/mol. The van der Waals surface area contributed by atoms with Crippen molar-refractivity contribution in [3.63, 3.8) is 0 Å². The van der Waals surface area contributed by atoms with Crippen molar-refractivity contribution in [1.82, 2.24) is 5.32 Å². The number of hydrogen-bond donors (Lipinski definition) is 3. The second-order valence-corrected chi connectivity index (χ2v) is 6.65. The van der Waals surface area contributed by atoms with Gasteiger partial charge in [-0.3, -0.25) is 9.59 Å². The second-order valence-electron chi connectivity index (χ2n) is 6.65. The van der Waals surface area contributed by atoms with Gasteiger partial charge in [0.25, 0.3) is 0 Å². The summed E-state index contributed by atoms with van der Waals surface area (Å²) in [7, 11) is 1.61. The molecule has 8 nitrogen and oxygen atoms in total. The molecule has 0 saturated carbocycles. The number of alkyl halides is 3. The molecule has 0 unspecified atom stereocenters. The fraction of sp³-hybridized carbons (Fsp3) is 0.318. The lowest BCUT2D eigenvalue weighted by Crippen LogP contribution is -2.42. The van der Waals surface area contributed by atoms with Gasteiger partial charge in [-0.1, -0.05) is 42.5 Å². The van der Waals surface area contributed by atoms with Gasteiger partial charge in [-0.15, -0.1) is 0 Å². The van der Waals surface area contributed by atoms with Crippen molar-refractivity contribution >= 4 is 17.8 Å². The standard InChI is InChI=1S/C20H24N2O4.C2HF3O2/c1-25-17-9-7-15(8-10-17)11-12-22-20(24)18(21)13-19(23)26-14-16-5-3-2-4-6-16;3-2(4,5)1(6)7/h2-10,18H,11-14,21H2,1H3,(H,22,24);(H,6,7)/t18-;/m0./s1. The number of rotatable bonds is 9. The highest BCUT2D eigenvalue weighted by molar-refractivity contribution is 5.86. The molecule has 11 heteroatoms. The van der Waals surface area contributed by atoms with Crippen LogP contribution in [0.4, 0.5) is 13.2 Å². The largest absolute Gasteiger partial charge is 0.497 e. The molecule has 4 N–H and O–H groups in total. The Morgan fingerprint density at radius 1 is 1.03 bits per heavy atom. The van der Waals surface area contributed by atoms with Crippen LogP contribution in [0.25, 0.3) is 0 Å². The van der Waals surface area contributed by atoms with Crippen LogP contribution in [0.15, 0.2) is 54.6 Å². The number of aliphatic carboxylic acids is 1. The van der Waals surface area contributed by atoms with E-state index in [-0.39, 0.29) is 18.9 Å². The topological polar surface area (TPSA) is 128 Å². The molecule has 0 bridgehead atoms. The van der Waals surface area contributed by atoms with Gasteiger partial charge < -0.3 is 25.6 Å². The molecule has 0 fully saturated rings. The van der Waals surface area contributed by atoms with Gasteiger partial charge in [-0.25, -0.2) is 4.79 Å². The average Bonchev–Trinajstić information content (AvgIpc) is 2.78. The van der Waals surface area contributed by atoms with Gasteiger partial charge >= 0.3 is 18.1 Å². The molecule has 0 radical (unpaired) electrons. The Morgan fingerprint density at radius 2 is 1.61 bits per heavy atom. The number of carboxylic acid groups (broad SMARTS) is 1. The van der Waals surface area contributed by atoms with Gasteiger partial charge in [0.15, 0.2) is 0 Å². The number of esters is 1. The molecule has 0 aliphatic carbocycles. The number of carbonyl (C=O) groups is 3. The number of methoxy groups -OCH3 is 1. The summed E-state index contributed by atoms with van der Waals surface area (Å²) in [5.74, 6) is -2.83. The summed E-state index contributed by atoms with van der Waals surface area (Å²) >= 11 is 0. The van der Waals surface area contributed by atoms with Gasteiger partial charge in [0.2, 0.25) is 5.91 Å². The van der Waals surface area contributed by atoms with Crippen LogP contribution < -0.4 is 15.8 Å². The molecule has 0 saturated heterocycles. The molecule has 0 aliphatic heterocycles. The zero-order chi connectivity index (χ0) is 24.9. The number of amides is 1. The maximum Gasteiger partial charge on any atom is 0.490 e. The molecule has 2 aromatic rings. The van der Waals surface area contributed by atoms with Crippen LogP contribution >= 0.6 is 0 Å². The number of halogens is 3. The first-order valence-corrected chi connectivity index (χ1v) is 9.68. The Bertz CT molecular complexity index is 889. The van der Waals surface area contributed by atoms with Crippen molar-refractivity contribution in [2.75, 3.05) is 13.7 Å². The molecule has 1 atom stereocenters. The van der Waals surface area contributed by atoms with Crippen molar-refractivity contribution in [3.05, 3.63) is 65.7 Å². The highest BCUT2D eigenvalue weighted by Gasteiger charge is 2.38. The van der Waals surface area contributed by atoms with E-state index in [4.69, 9.17) is 25.1 Å². The highest BCUT2D eigenvalue weighted by Crippen LogP contribution is 2.13. The van der Waals surface area contributed by atoms with Gasteiger partial charge in [0.1, 0.15) is 12.4 Å². The fourth-order valence-corrected chi connectivity index (χ4v) is 2.32. The third-order valence-corrected chi connectivity index (χ3v) is 4.08. The van der Waals surface area contributed by atoms with E-state index in [0.717, 1.165) is 16.9 Å². The van der Waals surface area contributed by atoms with Gasteiger partial charge in [-0.05, 0) is 29.7 Å². The zero-order valence-electron chi connectivity index (χ0n) is 17.8. The Morgan fingerprint density at radius 3 is 2.12 bits per heavy atom. The summed E-state index contributed by atoms with van der Waals surface area (Å²) in [6.07, 6.45) is -4.57. The molecule has 180 valence electrons. The van der Waals surface area contributed by atoms with Crippen LogP contribution in [0.5, 0.6) is 5.75 Å². The molecule has 0 spiro atoms. The summed E-state index contributed by atoms with van der Waals surface area (Å²) in [5.41, 5.74) is 7.73. The minimum atomic E-state index is -5.08. The number of hydrogen-bond acceptors (Lipinski definition) is 6. The zero-order valence-corrected chi connectivity index (χ0v) is 17.8. The number of nitrogens with one attached hydrogen (secondary N) is 1. The Balaban J connectivity index is 0.000000675. The lowest BCUT2D eigenvalue weighted by Gasteiger charge is -2.12. The molecular formula is C22H25F3N2O6. The highest BCUT2D eigenvalue weighted by atomic mass is 19.4. The number of carboxylic acids is 1. The number of carbonyl (C=O) groups excluding carboxylic acids is 2. The van der Waals surface area contributed by atoms with E-state index in [2.05, 4.69) is 5.32 Å². The van der Waals surface area contributed by atoms with Gasteiger partial charge in [0, 0.05) is 6.54 Å². The van der Waals surface area contributed by atoms with Crippen LogP contribution in [0.2, 0.25) is 0 Å². The van der Waals surface area contributed by atoms with Gasteiger partial charge in [0.05, 0.1) is 19.6 Å². The first kappa shape index (κ1) is 27.4. The van der Waals surface area contributed by atoms with Crippen LogP contribution in [0, 0.1) is 0 Å². The van der Waals surface area contributed by atoms with Crippen molar-refractivity contribution in [2.45, 2.75) is 31.7 Å². The average molecular weight is 470 g/mol. The second kappa shape index (κ2) is 13.7. The lowest BCUT2D eigenvalue weighted by molar-refractivity contribution is -0.192. The van der Waals surface area contributed by atoms with E-state index in [1.807, 2.05) is 54.6 Å². The third-order valence-electron chi connectivity index (χ3n) is 4.08. The quantitative estimate of drug-likeness (QED) is 0.480. The van der Waals surface area contributed by atoms with Crippen LogP contribution in [0.1, 0.15) is 17.5 Å². The number of benzene rings is 2. The molecule has 0 aromatic heterocycles. The van der Waals surface area contributed by atoms with E-state index >= 15 is 0 Å². The monoisotopic (exact) mass is 470 g/mol. The smallest absolute Gasteiger partial charge is 0.490 e. The van der Waals surface area contributed by atoms with E-state index < -0.39 is 24.2 Å². The summed E-state index contributed by atoms with van der Waals surface area (Å²) in [5, 5.41) is 9.86. The Hall–Kier alpha value is -3.60. The van der Waals surface area contributed by atoms with Crippen molar-refractivity contribution in [1.29, 1.82) is 0 Å². The normalized spacial score (nSPS) is 11.4. The minimum absolute atomic E-state index is 0.152. The van der Waals surface area contributed by atoms with E-state index in [0.29, 0.717) is 13.0 Å². The SMILES string of the molecule is COc1ccc(CCNC(=O)[C@@H](N)CC(=O)OCc2ccccc2)cc1.O=C(O)C(F)(F)F. The summed E-state index contributed by atoms with van der Waals surface area (Å²) in [4.78, 5) is 32.7. The molecule has 2 aromatic carbocycles. The van der Waals surface area contributed by atoms with Crippen LogP contribution in [-0.4, -0.2) is 48.8 Å². The minimum Gasteiger partial charge on any atom is -0.497 e. The van der Waals surface area contributed by atoms with E-state index in [9.17, 15) is 22.8 Å². The fourth-order valence-electron chi connectivity index (χ4n) is 2.32. The first-order chi connectivity index (χ1) is 15.5. The Kier molecular flexibility index (Phi) is 11.4. The van der Waals surface area contributed by atoms with Crippen LogP contribution in [-0.2, 0) is 32.1 Å². The number of ether oxygens (including phenoxy) is 2. The van der Waals surface area contributed by atoms with Crippen molar-refractivity contribution in [3.8, 4) is 5.75 Å². The molecule has 0 aliphatic rings. The molecule has 2 rings (SSSR count). The Labute approximate surface area is 188 Å². The maximum atomic E-state index is 12.0. The summed E-state index contributed by atoms with van der Waals surface area (Å²) in [6, 6.07) is 16.0. The lowest BCUT2D eigenvalue weighted by atomic mass is 10.1. The van der Waals surface area contributed by atoms with Crippen molar-refractivity contribution in [2.24, 2.45) is 5.73 Å². The predicted molar refractivity (Wildman–Crippen MR) is 112 cm³/mol. The molecule has 33 heavy (non-hydrogen) atoms. The van der Waals surface area contributed by atoms with E-state index in [1.165, 1.54) is 0 Å². The molecule has 0 heterocycles. The van der Waals surface area contributed by atoms with Crippen molar-refractivity contribution < 1.29 is 42.1 Å². The predicted octanol–water partition coefficient (Wildman–Crippen LogP) is 2.45. The maximum absolute atomic E-state index is 12.0. The number of nitrogens with two attached hydrogens (primary N) is 1. The molecule has 1 amide bonds.